The third kappa shape index (κ3) is 6.57. The summed E-state index contributed by atoms with van der Waals surface area (Å²) < 4.78 is 46.0. The van der Waals surface area contributed by atoms with E-state index in [1.807, 2.05) is 0 Å². The molecule has 1 aliphatic carbocycles. The van der Waals surface area contributed by atoms with Crippen molar-refractivity contribution in [1.82, 2.24) is 5.32 Å². The number of Topliss-reactive ketones (excluding diaryl/α,β-unsaturated/α-hetero) is 1. The summed E-state index contributed by atoms with van der Waals surface area (Å²) in [5.41, 5.74) is 1.05. The SMILES string of the molecule is COc1ccc(CC(=O)O)cc1-c1ccc(C(F)(F)F)cc1CNCCC(=O)C1(c2ccc(Cl)cc2Cl)CC1. The second-order valence-corrected chi connectivity index (χ2v) is 10.4. The van der Waals surface area contributed by atoms with E-state index in [2.05, 4.69) is 5.32 Å². The average Bonchev–Trinajstić information content (AvgIpc) is 3.67. The number of nitrogens with one attached hydrogen (secondary N) is 1. The molecule has 0 saturated heterocycles. The average molecular weight is 580 g/mol. The molecule has 206 valence electrons. The lowest BCUT2D eigenvalue weighted by Crippen LogP contribution is -2.26. The summed E-state index contributed by atoms with van der Waals surface area (Å²) >= 11 is 12.3. The van der Waals surface area contributed by atoms with Gasteiger partial charge in [-0.3, -0.25) is 9.59 Å². The summed E-state index contributed by atoms with van der Waals surface area (Å²) in [5.74, 6) is -0.624. The van der Waals surface area contributed by atoms with Gasteiger partial charge in [0.05, 0.1) is 24.5 Å². The van der Waals surface area contributed by atoms with Crippen molar-refractivity contribution >= 4 is 35.0 Å². The van der Waals surface area contributed by atoms with Crippen LogP contribution in [0.15, 0.2) is 54.6 Å². The van der Waals surface area contributed by atoms with E-state index in [1.165, 1.54) is 13.2 Å². The lowest BCUT2D eigenvalue weighted by atomic mass is 9.89. The Morgan fingerprint density at radius 2 is 1.77 bits per heavy atom. The molecule has 0 aliphatic heterocycles. The molecule has 0 atom stereocenters. The standard InChI is InChI=1S/C29H26Cl2F3NO4/c1-39-25-7-2-17(13-27(37)38)12-22(25)21-5-3-19(29(32,33)34)14-18(21)16-35-11-8-26(36)28(9-10-28)23-6-4-20(30)15-24(23)31/h2-7,12,14-15,35H,8-11,13,16H2,1H3,(H,37,38). The largest absolute Gasteiger partial charge is 0.496 e. The summed E-state index contributed by atoms with van der Waals surface area (Å²) in [6.45, 7) is 0.297. The molecule has 10 heteroatoms. The van der Waals surface area contributed by atoms with Gasteiger partial charge < -0.3 is 15.2 Å². The fourth-order valence-corrected chi connectivity index (χ4v) is 5.38. The van der Waals surface area contributed by atoms with Crippen LogP contribution in [0.5, 0.6) is 5.75 Å². The number of methoxy groups -OCH3 is 1. The maximum Gasteiger partial charge on any atom is 0.416 e. The van der Waals surface area contributed by atoms with Crippen LogP contribution in [0.2, 0.25) is 10.0 Å². The lowest BCUT2D eigenvalue weighted by Gasteiger charge is -2.18. The third-order valence-corrected chi connectivity index (χ3v) is 7.46. The highest BCUT2D eigenvalue weighted by molar-refractivity contribution is 6.35. The quantitative estimate of drug-likeness (QED) is 0.237. The number of carboxylic acid groups (broad SMARTS) is 1. The van der Waals surface area contributed by atoms with Crippen LogP contribution in [0.25, 0.3) is 11.1 Å². The maximum absolute atomic E-state index is 13.5. The number of carbonyl (C=O) groups is 2. The molecule has 0 aromatic heterocycles. The molecule has 0 spiro atoms. The maximum atomic E-state index is 13.5. The van der Waals surface area contributed by atoms with E-state index in [4.69, 9.17) is 27.9 Å². The predicted octanol–water partition coefficient (Wildman–Crippen LogP) is 7.10. The summed E-state index contributed by atoms with van der Waals surface area (Å²) in [6, 6.07) is 13.3. The minimum Gasteiger partial charge on any atom is -0.496 e. The number of hydrogen-bond donors (Lipinski definition) is 2. The zero-order valence-corrected chi connectivity index (χ0v) is 22.5. The van der Waals surface area contributed by atoms with Crippen molar-refractivity contribution in [2.75, 3.05) is 13.7 Å². The van der Waals surface area contributed by atoms with E-state index in [0.29, 0.717) is 50.9 Å². The number of halogens is 5. The predicted molar refractivity (Wildman–Crippen MR) is 143 cm³/mol. The normalized spacial score (nSPS) is 14.2. The highest BCUT2D eigenvalue weighted by Gasteiger charge is 2.51. The van der Waals surface area contributed by atoms with Crippen LogP contribution in [0, 0.1) is 0 Å². The van der Waals surface area contributed by atoms with Gasteiger partial charge in [0.15, 0.2) is 0 Å². The number of hydrogen-bond acceptors (Lipinski definition) is 4. The first-order valence-electron chi connectivity index (χ1n) is 12.2. The summed E-state index contributed by atoms with van der Waals surface area (Å²) in [7, 11) is 1.43. The van der Waals surface area contributed by atoms with Crippen LogP contribution in [-0.4, -0.2) is 30.5 Å². The van der Waals surface area contributed by atoms with E-state index >= 15 is 0 Å². The van der Waals surface area contributed by atoms with E-state index in [-0.39, 0.29) is 31.7 Å². The Morgan fingerprint density at radius 3 is 2.38 bits per heavy atom. The van der Waals surface area contributed by atoms with Gasteiger partial charge in [-0.1, -0.05) is 41.4 Å². The summed E-state index contributed by atoms with van der Waals surface area (Å²) in [6.07, 6.45) is -3.26. The lowest BCUT2D eigenvalue weighted by molar-refractivity contribution is -0.138. The Hall–Kier alpha value is -3.07. The van der Waals surface area contributed by atoms with E-state index in [1.54, 1.807) is 36.4 Å². The second-order valence-electron chi connectivity index (χ2n) is 9.53. The molecule has 1 saturated carbocycles. The van der Waals surface area contributed by atoms with E-state index in [9.17, 15) is 27.9 Å². The fraction of sp³-hybridized carbons (Fsp3) is 0.310. The van der Waals surface area contributed by atoms with Crippen LogP contribution in [0.4, 0.5) is 13.2 Å². The molecule has 0 unspecified atom stereocenters. The number of carbonyl (C=O) groups excluding carboxylic acids is 1. The number of ketones is 1. The minimum atomic E-state index is -4.55. The van der Waals surface area contributed by atoms with E-state index in [0.717, 1.165) is 17.7 Å². The first-order chi connectivity index (χ1) is 18.4. The Kier molecular flexibility index (Phi) is 8.59. The fourth-order valence-electron chi connectivity index (χ4n) is 4.79. The number of rotatable bonds is 11. The van der Waals surface area contributed by atoms with Gasteiger partial charge in [0.25, 0.3) is 0 Å². The molecule has 5 nitrogen and oxygen atoms in total. The van der Waals surface area contributed by atoms with Crippen molar-refractivity contribution < 1.29 is 32.6 Å². The van der Waals surface area contributed by atoms with Crippen molar-refractivity contribution in [3.8, 4) is 16.9 Å². The van der Waals surface area contributed by atoms with E-state index < -0.39 is 23.1 Å². The van der Waals surface area contributed by atoms with Gasteiger partial charge in [0.1, 0.15) is 11.5 Å². The molecule has 1 aliphatic rings. The molecule has 0 amide bonds. The van der Waals surface area contributed by atoms with Crippen molar-refractivity contribution in [1.29, 1.82) is 0 Å². The Labute approximate surface area is 233 Å². The van der Waals surface area contributed by atoms with Gasteiger partial charge in [-0.15, -0.1) is 0 Å². The van der Waals surface area contributed by atoms with Gasteiger partial charge in [-0.2, -0.15) is 13.2 Å². The van der Waals surface area contributed by atoms with Crippen LogP contribution in [0.1, 0.15) is 41.5 Å². The van der Waals surface area contributed by atoms with Gasteiger partial charge >= 0.3 is 12.1 Å². The minimum absolute atomic E-state index is 0.00605. The van der Waals surface area contributed by atoms with Crippen LogP contribution >= 0.6 is 23.2 Å². The molecule has 1 fully saturated rings. The second kappa shape index (κ2) is 11.6. The molecule has 4 rings (SSSR count). The molecule has 0 radical (unpaired) electrons. The number of alkyl halides is 3. The molecule has 3 aromatic rings. The zero-order chi connectivity index (χ0) is 28.4. The van der Waals surface area contributed by atoms with Crippen LogP contribution in [-0.2, 0) is 34.1 Å². The van der Waals surface area contributed by atoms with Gasteiger partial charge in [-0.05, 0) is 71.5 Å². The molecule has 0 heterocycles. The first-order valence-corrected chi connectivity index (χ1v) is 13.0. The van der Waals surface area contributed by atoms with Crippen molar-refractivity contribution in [3.05, 3.63) is 86.9 Å². The molecular weight excluding hydrogens is 554 g/mol. The Balaban J connectivity index is 1.54. The monoisotopic (exact) mass is 579 g/mol. The number of aliphatic carboxylic acids is 1. The molecule has 39 heavy (non-hydrogen) atoms. The van der Waals surface area contributed by atoms with Crippen molar-refractivity contribution in [3.63, 3.8) is 0 Å². The summed E-state index contributed by atoms with van der Waals surface area (Å²) in [5, 5.41) is 13.2. The van der Waals surface area contributed by atoms with Crippen molar-refractivity contribution in [2.45, 2.75) is 43.8 Å². The van der Waals surface area contributed by atoms with Gasteiger partial charge in [-0.25, -0.2) is 0 Å². The van der Waals surface area contributed by atoms with Crippen LogP contribution < -0.4 is 10.1 Å². The molecule has 0 bridgehead atoms. The highest BCUT2D eigenvalue weighted by Crippen LogP contribution is 2.52. The smallest absolute Gasteiger partial charge is 0.416 e. The summed E-state index contributed by atoms with van der Waals surface area (Å²) in [4.78, 5) is 24.3. The van der Waals surface area contributed by atoms with Crippen LogP contribution in [0.3, 0.4) is 0 Å². The Bertz CT molecular complexity index is 1400. The Morgan fingerprint density at radius 1 is 1.03 bits per heavy atom. The molecule has 2 N–H and O–H groups in total. The number of carboxylic acids is 1. The van der Waals surface area contributed by atoms with Gasteiger partial charge in [0, 0.05) is 35.1 Å². The van der Waals surface area contributed by atoms with Crippen molar-refractivity contribution in [2.24, 2.45) is 0 Å². The molecule has 3 aromatic carbocycles. The third-order valence-electron chi connectivity index (χ3n) is 6.92. The zero-order valence-electron chi connectivity index (χ0n) is 21.0. The highest BCUT2D eigenvalue weighted by atomic mass is 35.5. The number of ether oxygens (including phenoxy) is 1. The van der Waals surface area contributed by atoms with Gasteiger partial charge in [0.2, 0.25) is 0 Å². The first kappa shape index (κ1) is 28.9. The molecular formula is C29H26Cl2F3NO4. The number of benzene rings is 3. The topological polar surface area (TPSA) is 75.6 Å².